The van der Waals surface area contributed by atoms with Crippen LogP contribution in [-0.2, 0) is 4.79 Å². The highest BCUT2D eigenvalue weighted by Gasteiger charge is 2.28. The van der Waals surface area contributed by atoms with Gasteiger partial charge in [-0.25, -0.2) is 0 Å². The summed E-state index contributed by atoms with van der Waals surface area (Å²) in [7, 11) is 0. The molecule has 1 amide bonds. The quantitative estimate of drug-likeness (QED) is 0.832. The first-order valence-electron chi connectivity index (χ1n) is 7.45. The van der Waals surface area contributed by atoms with Crippen LogP contribution in [0.4, 0.5) is 0 Å². The minimum atomic E-state index is 0.242. The van der Waals surface area contributed by atoms with Gasteiger partial charge in [0.25, 0.3) is 0 Å². The van der Waals surface area contributed by atoms with E-state index in [1.807, 2.05) is 11.8 Å². The number of amides is 1. The van der Waals surface area contributed by atoms with Crippen molar-refractivity contribution in [1.29, 1.82) is 0 Å². The van der Waals surface area contributed by atoms with E-state index in [1.165, 1.54) is 25.7 Å². The molecule has 2 atom stereocenters. The number of carbonyl (C=O) groups is 1. The molecule has 3 nitrogen and oxygen atoms in total. The van der Waals surface area contributed by atoms with Crippen LogP contribution in [0.2, 0.25) is 0 Å². The van der Waals surface area contributed by atoms with Crippen LogP contribution in [0.3, 0.4) is 0 Å². The molecule has 0 aromatic rings. The Morgan fingerprint density at radius 1 is 1.33 bits per heavy atom. The fourth-order valence-electron chi connectivity index (χ4n) is 2.88. The van der Waals surface area contributed by atoms with Gasteiger partial charge in [0.05, 0.1) is 5.25 Å². The average molecular weight is 270 g/mol. The molecule has 2 aliphatic rings. The topological polar surface area (TPSA) is 32.3 Å². The van der Waals surface area contributed by atoms with Crippen LogP contribution in [0.25, 0.3) is 0 Å². The Morgan fingerprint density at radius 3 is 2.83 bits per heavy atom. The van der Waals surface area contributed by atoms with Gasteiger partial charge in [-0.3, -0.25) is 4.79 Å². The van der Waals surface area contributed by atoms with Crippen molar-refractivity contribution in [2.75, 3.05) is 25.4 Å². The van der Waals surface area contributed by atoms with Gasteiger partial charge in [-0.2, -0.15) is 0 Å². The van der Waals surface area contributed by atoms with E-state index in [2.05, 4.69) is 17.1 Å². The number of nitrogens with zero attached hydrogens (tertiary/aromatic N) is 1. The van der Waals surface area contributed by atoms with Gasteiger partial charge < -0.3 is 10.2 Å². The SMILES string of the molecule is CCCN(CC1CCCN1)C(=O)C1CCCCS1. The van der Waals surface area contributed by atoms with Gasteiger partial charge in [-0.1, -0.05) is 13.3 Å². The summed E-state index contributed by atoms with van der Waals surface area (Å²) in [5.74, 6) is 1.56. The van der Waals surface area contributed by atoms with E-state index < -0.39 is 0 Å². The van der Waals surface area contributed by atoms with E-state index >= 15 is 0 Å². The normalized spacial score (nSPS) is 28.3. The molecule has 1 N–H and O–H groups in total. The zero-order chi connectivity index (χ0) is 12.8. The van der Waals surface area contributed by atoms with Crippen LogP contribution in [0, 0.1) is 0 Å². The van der Waals surface area contributed by atoms with Crippen molar-refractivity contribution in [3.8, 4) is 0 Å². The molecule has 104 valence electrons. The lowest BCUT2D eigenvalue weighted by Crippen LogP contribution is -2.45. The van der Waals surface area contributed by atoms with Crippen LogP contribution < -0.4 is 5.32 Å². The summed E-state index contributed by atoms with van der Waals surface area (Å²) in [6.07, 6.45) is 7.15. The van der Waals surface area contributed by atoms with Crippen molar-refractivity contribution in [2.45, 2.75) is 56.7 Å². The predicted octanol–water partition coefficient (Wildman–Crippen LogP) is 2.26. The second-order valence-electron chi connectivity index (χ2n) is 5.43. The van der Waals surface area contributed by atoms with Crippen molar-refractivity contribution in [2.24, 2.45) is 0 Å². The number of hydrogen-bond acceptors (Lipinski definition) is 3. The molecule has 0 aliphatic carbocycles. The first-order valence-corrected chi connectivity index (χ1v) is 8.50. The lowest BCUT2D eigenvalue weighted by molar-refractivity contribution is -0.131. The van der Waals surface area contributed by atoms with Crippen LogP contribution >= 0.6 is 11.8 Å². The Labute approximate surface area is 115 Å². The summed E-state index contributed by atoms with van der Waals surface area (Å²) < 4.78 is 0. The van der Waals surface area contributed by atoms with Gasteiger partial charge in [-0.15, -0.1) is 11.8 Å². The molecule has 0 aromatic heterocycles. The summed E-state index contributed by atoms with van der Waals surface area (Å²) in [6.45, 7) is 5.13. The highest BCUT2D eigenvalue weighted by molar-refractivity contribution is 8.00. The highest BCUT2D eigenvalue weighted by atomic mass is 32.2. The summed E-state index contributed by atoms with van der Waals surface area (Å²) in [5.41, 5.74) is 0. The molecule has 18 heavy (non-hydrogen) atoms. The molecule has 0 spiro atoms. The number of carbonyl (C=O) groups excluding carboxylic acids is 1. The van der Waals surface area contributed by atoms with Gasteiger partial charge in [0, 0.05) is 19.1 Å². The summed E-state index contributed by atoms with van der Waals surface area (Å²) in [5, 5.41) is 3.74. The number of hydrogen-bond donors (Lipinski definition) is 1. The molecule has 0 radical (unpaired) electrons. The zero-order valence-corrected chi connectivity index (χ0v) is 12.3. The third-order valence-electron chi connectivity index (χ3n) is 3.86. The first-order chi connectivity index (χ1) is 8.81. The fourth-order valence-corrected chi connectivity index (χ4v) is 4.16. The van der Waals surface area contributed by atoms with Crippen LogP contribution in [0.15, 0.2) is 0 Å². The summed E-state index contributed by atoms with van der Waals surface area (Å²) >= 11 is 1.87. The lowest BCUT2D eigenvalue weighted by Gasteiger charge is -2.30. The lowest BCUT2D eigenvalue weighted by atomic mass is 10.1. The number of rotatable bonds is 5. The minimum Gasteiger partial charge on any atom is -0.340 e. The monoisotopic (exact) mass is 270 g/mol. The molecule has 2 saturated heterocycles. The maximum Gasteiger partial charge on any atom is 0.235 e. The Kier molecular flexibility index (Phi) is 5.83. The smallest absolute Gasteiger partial charge is 0.235 e. The third-order valence-corrected chi connectivity index (χ3v) is 5.23. The van der Waals surface area contributed by atoms with Crippen LogP contribution in [0.5, 0.6) is 0 Å². The second kappa shape index (κ2) is 7.39. The Morgan fingerprint density at radius 2 is 2.22 bits per heavy atom. The van der Waals surface area contributed by atoms with Gasteiger partial charge in [0.15, 0.2) is 0 Å². The fraction of sp³-hybridized carbons (Fsp3) is 0.929. The molecular formula is C14H26N2OS. The molecule has 0 saturated carbocycles. The average Bonchev–Trinajstić information content (AvgIpc) is 2.91. The Hall–Kier alpha value is -0.220. The van der Waals surface area contributed by atoms with E-state index in [-0.39, 0.29) is 5.25 Å². The first kappa shape index (κ1) is 14.2. The largest absolute Gasteiger partial charge is 0.340 e. The molecular weight excluding hydrogens is 244 g/mol. The van der Waals surface area contributed by atoms with E-state index in [4.69, 9.17) is 0 Å². The predicted molar refractivity (Wildman–Crippen MR) is 78.0 cm³/mol. The summed E-state index contributed by atoms with van der Waals surface area (Å²) in [4.78, 5) is 14.7. The Balaban J connectivity index is 1.87. The molecule has 4 heteroatoms. The summed E-state index contributed by atoms with van der Waals surface area (Å²) in [6, 6.07) is 0.536. The van der Waals surface area contributed by atoms with Crippen molar-refractivity contribution in [3.05, 3.63) is 0 Å². The standard InChI is InChI=1S/C14H26N2OS/c1-2-9-16(11-12-6-5-8-15-12)14(17)13-7-3-4-10-18-13/h12-13,15H,2-11H2,1H3. The van der Waals surface area contributed by atoms with E-state index in [0.717, 1.165) is 38.2 Å². The number of thioether (sulfide) groups is 1. The maximum absolute atomic E-state index is 12.6. The maximum atomic E-state index is 12.6. The molecule has 2 unspecified atom stereocenters. The second-order valence-corrected chi connectivity index (χ2v) is 6.74. The van der Waals surface area contributed by atoms with Crippen LogP contribution in [0.1, 0.15) is 45.4 Å². The molecule has 0 aromatic carbocycles. The van der Waals surface area contributed by atoms with Crippen LogP contribution in [-0.4, -0.2) is 47.5 Å². The van der Waals surface area contributed by atoms with Gasteiger partial charge in [-0.05, 0) is 44.4 Å². The van der Waals surface area contributed by atoms with Gasteiger partial charge in [0.1, 0.15) is 0 Å². The zero-order valence-electron chi connectivity index (χ0n) is 11.5. The van der Waals surface area contributed by atoms with Crippen molar-refractivity contribution in [1.82, 2.24) is 10.2 Å². The van der Waals surface area contributed by atoms with E-state index in [1.54, 1.807) is 0 Å². The third kappa shape index (κ3) is 3.89. The molecule has 0 bridgehead atoms. The van der Waals surface area contributed by atoms with E-state index in [9.17, 15) is 4.79 Å². The number of nitrogens with one attached hydrogen (secondary N) is 1. The molecule has 2 fully saturated rings. The molecule has 2 rings (SSSR count). The van der Waals surface area contributed by atoms with Gasteiger partial charge in [0.2, 0.25) is 5.91 Å². The molecule has 2 heterocycles. The minimum absolute atomic E-state index is 0.242. The Bertz CT molecular complexity index is 261. The van der Waals surface area contributed by atoms with Crippen molar-refractivity contribution in [3.63, 3.8) is 0 Å². The van der Waals surface area contributed by atoms with E-state index in [0.29, 0.717) is 11.9 Å². The highest BCUT2D eigenvalue weighted by Crippen LogP contribution is 2.27. The van der Waals surface area contributed by atoms with Crippen molar-refractivity contribution >= 4 is 17.7 Å². The van der Waals surface area contributed by atoms with Gasteiger partial charge >= 0.3 is 0 Å². The van der Waals surface area contributed by atoms with Crippen molar-refractivity contribution < 1.29 is 4.79 Å². The molecule has 2 aliphatic heterocycles.